The minimum Gasteiger partial charge on any atom is -0.324 e. The van der Waals surface area contributed by atoms with E-state index >= 15 is 0 Å². The van der Waals surface area contributed by atoms with Crippen LogP contribution in [0.4, 0.5) is 17.5 Å². The van der Waals surface area contributed by atoms with Crippen LogP contribution in [0.1, 0.15) is 28.5 Å². The van der Waals surface area contributed by atoms with E-state index in [0.717, 1.165) is 0 Å². The monoisotopic (exact) mass is 412 g/mol. The first-order valence-electron chi connectivity index (χ1n) is 9.12. The predicted molar refractivity (Wildman–Crippen MR) is 109 cm³/mol. The Morgan fingerprint density at radius 3 is 2.69 bits per heavy atom. The number of carbonyl (C=O) groups is 1. The molecule has 0 aliphatic carbocycles. The van der Waals surface area contributed by atoms with Crippen LogP contribution in [0, 0.1) is 6.92 Å². The standard InChI is InChI=1S/C19H20N6O3S/c1-13-10-17(25(24-13)16-6-9-29(27,28)12-16)23-18(26)14-4-2-5-15(11-14)22-19-20-7-3-8-21-19/h2-5,7-8,10-11,16H,6,9,12H2,1H3,(H,23,26)(H,20,21,22). The maximum Gasteiger partial charge on any atom is 0.256 e. The average Bonchev–Trinajstić information content (AvgIpc) is 3.24. The second-order valence-corrected chi connectivity index (χ2v) is 9.13. The summed E-state index contributed by atoms with van der Waals surface area (Å²) in [4.78, 5) is 21.0. The number of carbonyl (C=O) groups excluding carboxylic acids is 1. The maximum absolute atomic E-state index is 12.8. The number of nitrogens with one attached hydrogen (secondary N) is 2. The number of amides is 1. The van der Waals surface area contributed by atoms with Crippen LogP contribution >= 0.6 is 0 Å². The molecule has 0 saturated carbocycles. The lowest BCUT2D eigenvalue weighted by Crippen LogP contribution is -2.19. The number of hydrogen-bond donors (Lipinski definition) is 2. The van der Waals surface area contributed by atoms with Crippen molar-refractivity contribution in [2.24, 2.45) is 0 Å². The largest absolute Gasteiger partial charge is 0.324 e. The van der Waals surface area contributed by atoms with E-state index in [-0.39, 0.29) is 23.5 Å². The zero-order valence-electron chi connectivity index (χ0n) is 15.7. The van der Waals surface area contributed by atoms with Gasteiger partial charge in [-0.25, -0.2) is 23.1 Å². The van der Waals surface area contributed by atoms with Crippen LogP contribution in [-0.4, -0.2) is 45.6 Å². The van der Waals surface area contributed by atoms with Gasteiger partial charge in [0, 0.05) is 29.7 Å². The van der Waals surface area contributed by atoms with E-state index in [0.29, 0.717) is 35.1 Å². The Kier molecular flexibility index (Phi) is 5.01. The van der Waals surface area contributed by atoms with Crippen LogP contribution in [0.25, 0.3) is 0 Å². The van der Waals surface area contributed by atoms with E-state index in [1.807, 2.05) is 6.07 Å². The van der Waals surface area contributed by atoms with Crippen LogP contribution in [0.2, 0.25) is 0 Å². The van der Waals surface area contributed by atoms with Crippen molar-refractivity contribution in [2.75, 3.05) is 22.1 Å². The summed E-state index contributed by atoms with van der Waals surface area (Å²) in [5.74, 6) is 0.775. The van der Waals surface area contributed by atoms with Crippen molar-refractivity contribution < 1.29 is 13.2 Å². The van der Waals surface area contributed by atoms with Crippen LogP contribution in [0.3, 0.4) is 0 Å². The molecule has 1 saturated heterocycles. The van der Waals surface area contributed by atoms with Crippen LogP contribution < -0.4 is 10.6 Å². The van der Waals surface area contributed by atoms with Gasteiger partial charge in [0.2, 0.25) is 5.95 Å². The van der Waals surface area contributed by atoms with E-state index in [2.05, 4.69) is 25.7 Å². The summed E-state index contributed by atoms with van der Waals surface area (Å²) >= 11 is 0. The highest BCUT2D eigenvalue weighted by Crippen LogP contribution is 2.27. The van der Waals surface area contributed by atoms with Gasteiger partial charge in [-0.3, -0.25) is 4.79 Å². The van der Waals surface area contributed by atoms with E-state index in [9.17, 15) is 13.2 Å². The fraction of sp³-hybridized carbons (Fsp3) is 0.263. The Labute approximate surface area is 168 Å². The number of aryl methyl sites for hydroxylation is 1. The molecule has 0 bridgehead atoms. The minimum atomic E-state index is -3.06. The topological polar surface area (TPSA) is 119 Å². The lowest BCUT2D eigenvalue weighted by Gasteiger charge is -2.14. The lowest BCUT2D eigenvalue weighted by molar-refractivity contribution is 0.102. The fourth-order valence-corrected chi connectivity index (χ4v) is 4.97. The summed E-state index contributed by atoms with van der Waals surface area (Å²) in [5, 5.41) is 10.3. The molecule has 2 N–H and O–H groups in total. The molecular weight excluding hydrogens is 392 g/mol. The van der Waals surface area contributed by atoms with E-state index in [1.54, 1.807) is 54.3 Å². The normalized spacial score (nSPS) is 17.8. The predicted octanol–water partition coefficient (Wildman–Crippen LogP) is 2.34. The van der Waals surface area contributed by atoms with Crippen LogP contribution in [0.5, 0.6) is 0 Å². The molecule has 1 aromatic carbocycles. The molecule has 29 heavy (non-hydrogen) atoms. The number of aromatic nitrogens is 4. The molecule has 0 spiro atoms. The molecule has 9 nitrogen and oxygen atoms in total. The highest BCUT2D eigenvalue weighted by atomic mass is 32.2. The number of rotatable bonds is 5. The minimum absolute atomic E-state index is 0.0352. The molecule has 1 fully saturated rings. The van der Waals surface area contributed by atoms with Gasteiger partial charge >= 0.3 is 0 Å². The third-order valence-corrected chi connectivity index (χ3v) is 6.35. The molecule has 10 heteroatoms. The number of nitrogens with zero attached hydrogens (tertiary/aromatic N) is 4. The molecule has 0 radical (unpaired) electrons. The molecule has 1 unspecified atom stereocenters. The zero-order valence-corrected chi connectivity index (χ0v) is 16.6. The van der Waals surface area contributed by atoms with Gasteiger partial charge in [-0.15, -0.1) is 0 Å². The van der Waals surface area contributed by atoms with Gasteiger partial charge in [0.05, 0.1) is 23.2 Å². The Morgan fingerprint density at radius 1 is 1.17 bits per heavy atom. The van der Waals surface area contributed by atoms with Crippen molar-refractivity contribution in [3.63, 3.8) is 0 Å². The maximum atomic E-state index is 12.8. The summed E-state index contributed by atoms with van der Waals surface area (Å²) in [6.45, 7) is 1.81. The molecule has 4 rings (SSSR count). The molecule has 3 heterocycles. The van der Waals surface area contributed by atoms with Gasteiger partial charge in [-0.2, -0.15) is 5.10 Å². The molecular formula is C19H20N6O3S. The van der Waals surface area contributed by atoms with Crippen molar-refractivity contribution in [3.8, 4) is 0 Å². The van der Waals surface area contributed by atoms with E-state index in [1.165, 1.54) is 0 Å². The Morgan fingerprint density at radius 2 is 1.97 bits per heavy atom. The van der Waals surface area contributed by atoms with Gasteiger partial charge in [0.25, 0.3) is 5.91 Å². The third-order valence-electron chi connectivity index (χ3n) is 4.60. The quantitative estimate of drug-likeness (QED) is 0.660. The first-order valence-corrected chi connectivity index (χ1v) is 10.9. The van der Waals surface area contributed by atoms with Gasteiger partial charge in [-0.1, -0.05) is 6.07 Å². The molecule has 1 aliphatic rings. The summed E-state index contributed by atoms with van der Waals surface area (Å²) in [5.41, 5.74) is 1.83. The molecule has 150 valence electrons. The second-order valence-electron chi connectivity index (χ2n) is 6.90. The first-order chi connectivity index (χ1) is 13.9. The van der Waals surface area contributed by atoms with Crippen LogP contribution in [-0.2, 0) is 9.84 Å². The zero-order chi connectivity index (χ0) is 20.4. The summed E-state index contributed by atoms with van der Waals surface area (Å²) in [6, 6.07) is 10.1. The lowest BCUT2D eigenvalue weighted by atomic mass is 10.2. The van der Waals surface area contributed by atoms with Gasteiger partial charge < -0.3 is 10.6 Å². The molecule has 3 aromatic rings. The summed E-state index contributed by atoms with van der Waals surface area (Å²) < 4.78 is 25.2. The molecule has 2 aromatic heterocycles. The highest BCUT2D eigenvalue weighted by Gasteiger charge is 2.31. The van der Waals surface area contributed by atoms with E-state index < -0.39 is 9.84 Å². The average molecular weight is 412 g/mol. The van der Waals surface area contributed by atoms with Crippen molar-refractivity contribution in [2.45, 2.75) is 19.4 Å². The van der Waals surface area contributed by atoms with Gasteiger partial charge in [0.1, 0.15) is 5.82 Å². The number of benzene rings is 1. The van der Waals surface area contributed by atoms with Crippen molar-refractivity contribution in [1.82, 2.24) is 19.7 Å². The Bertz CT molecular complexity index is 1140. The number of hydrogen-bond acceptors (Lipinski definition) is 7. The highest BCUT2D eigenvalue weighted by molar-refractivity contribution is 7.91. The summed E-state index contributed by atoms with van der Waals surface area (Å²) in [7, 11) is -3.06. The van der Waals surface area contributed by atoms with Crippen molar-refractivity contribution in [1.29, 1.82) is 0 Å². The summed E-state index contributed by atoms with van der Waals surface area (Å²) in [6.07, 6.45) is 3.74. The fourth-order valence-electron chi connectivity index (χ4n) is 3.28. The molecule has 1 amide bonds. The Balaban J connectivity index is 1.52. The third kappa shape index (κ3) is 4.43. The first kappa shape index (κ1) is 19.1. The van der Waals surface area contributed by atoms with Crippen molar-refractivity contribution in [3.05, 3.63) is 60.0 Å². The molecule has 1 aliphatic heterocycles. The Hall–Kier alpha value is -3.27. The van der Waals surface area contributed by atoms with Crippen LogP contribution in [0.15, 0.2) is 48.8 Å². The number of sulfone groups is 1. The van der Waals surface area contributed by atoms with E-state index in [4.69, 9.17) is 0 Å². The van der Waals surface area contributed by atoms with Crippen molar-refractivity contribution >= 4 is 33.2 Å². The SMILES string of the molecule is Cc1cc(NC(=O)c2cccc(Nc3ncccn3)c2)n(C2CCS(=O)(=O)C2)n1. The van der Waals surface area contributed by atoms with Gasteiger partial charge in [0.15, 0.2) is 9.84 Å². The van der Waals surface area contributed by atoms with Gasteiger partial charge in [-0.05, 0) is 37.6 Å². The molecule has 1 atom stereocenters. The second kappa shape index (κ2) is 7.63. The smallest absolute Gasteiger partial charge is 0.256 e. The number of anilines is 3.